The Hall–Kier alpha value is -0.490. The molecule has 0 radical (unpaired) electrons. The van der Waals surface area contributed by atoms with Gasteiger partial charge < -0.3 is 5.32 Å². The summed E-state index contributed by atoms with van der Waals surface area (Å²) in [5.41, 5.74) is 0.475. The number of nitrogens with one attached hydrogen (secondary N) is 1. The zero-order valence-electron chi connectivity index (χ0n) is 10.2. The van der Waals surface area contributed by atoms with Gasteiger partial charge in [0.25, 0.3) is 6.43 Å². The maximum absolute atomic E-state index is 13.1. The molecule has 0 bridgehead atoms. The van der Waals surface area contributed by atoms with Gasteiger partial charge in [-0.05, 0) is 17.7 Å². The van der Waals surface area contributed by atoms with Crippen molar-refractivity contribution in [3.63, 3.8) is 0 Å². The summed E-state index contributed by atoms with van der Waals surface area (Å²) in [6, 6.07) is 4.40. The van der Waals surface area contributed by atoms with E-state index < -0.39 is 18.3 Å². The van der Waals surface area contributed by atoms with E-state index in [1.807, 2.05) is 0 Å². The van der Waals surface area contributed by atoms with E-state index >= 15 is 0 Å². The van der Waals surface area contributed by atoms with Gasteiger partial charge in [0.05, 0.1) is 6.04 Å². The molecule has 0 aromatic heterocycles. The fraction of sp³-hybridized carbons (Fsp3) is 0.500. The molecule has 2 nitrogen and oxygen atoms in total. The number of piperazine rings is 1. The third-order valence-corrected chi connectivity index (χ3v) is 3.00. The van der Waals surface area contributed by atoms with Crippen LogP contribution in [0.1, 0.15) is 11.6 Å². The van der Waals surface area contributed by atoms with E-state index in [0.29, 0.717) is 31.7 Å². The minimum Gasteiger partial charge on any atom is -0.314 e. The Bertz CT molecular complexity index is 356. The molecule has 1 heterocycles. The summed E-state index contributed by atoms with van der Waals surface area (Å²) in [6.07, 6.45) is -2.46. The van der Waals surface area contributed by atoms with Crippen molar-refractivity contribution < 1.29 is 13.2 Å². The van der Waals surface area contributed by atoms with Crippen molar-refractivity contribution >= 4 is 24.8 Å². The zero-order valence-corrected chi connectivity index (χ0v) is 11.8. The molecule has 0 amide bonds. The van der Waals surface area contributed by atoms with Gasteiger partial charge in [-0.25, -0.2) is 13.2 Å². The summed E-state index contributed by atoms with van der Waals surface area (Å²) in [5, 5.41) is 3.12. The van der Waals surface area contributed by atoms with Crippen LogP contribution >= 0.6 is 24.8 Å². The fourth-order valence-electron chi connectivity index (χ4n) is 2.14. The average molecular weight is 317 g/mol. The second-order valence-corrected chi connectivity index (χ2v) is 4.12. The van der Waals surface area contributed by atoms with Crippen molar-refractivity contribution in [2.24, 2.45) is 0 Å². The summed E-state index contributed by atoms with van der Waals surface area (Å²) >= 11 is 0. The predicted octanol–water partition coefficient (Wildman–Crippen LogP) is 2.88. The first-order valence-electron chi connectivity index (χ1n) is 5.67. The van der Waals surface area contributed by atoms with Gasteiger partial charge in [-0.3, -0.25) is 4.90 Å². The highest BCUT2D eigenvalue weighted by Crippen LogP contribution is 2.27. The summed E-state index contributed by atoms with van der Waals surface area (Å²) < 4.78 is 39.0. The Balaban J connectivity index is 0.00000162. The van der Waals surface area contributed by atoms with Crippen LogP contribution in [0.3, 0.4) is 0 Å². The second-order valence-electron chi connectivity index (χ2n) is 4.12. The van der Waals surface area contributed by atoms with E-state index in [9.17, 15) is 13.2 Å². The average Bonchev–Trinajstić information content (AvgIpc) is 2.33. The number of rotatable bonds is 3. The molecular weight excluding hydrogens is 300 g/mol. The molecule has 7 heteroatoms. The van der Waals surface area contributed by atoms with Crippen LogP contribution in [0.5, 0.6) is 0 Å². The molecule has 1 aliphatic heterocycles. The molecule has 0 spiro atoms. The number of halogens is 5. The lowest BCUT2D eigenvalue weighted by molar-refractivity contribution is 0.0181. The van der Waals surface area contributed by atoms with Crippen molar-refractivity contribution in [2.75, 3.05) is 26.2 Å². The first-order chi connectivity index (χ1) is 8.18. The molecule has 1 saturated heterocycles. The summed E-state index contributed by atoms with van der Waals surface area (Å²) in [7, 11) is 0. The Morgan fingerprint density at radius 3 is 2.00 bits per heavy atom. The standard InChI is InChI=1S/C12H15F3N2.2ClH/c13-10-3-1-9(2-4-10)11(12(14)15)17-7-5-16-6-8-17;;/h1-4,11-12,16H,5-8H2;2*1H/t11-;;/m0../s1. The van der Waals surface area contributed by atoms with Gasteiger partial charge in [0.2, 0.25) is 0 Å². The van der Waals surface area contributed by atoms with Crippen LogP contribution in [0.25, 0.3) is 0 Å². The molecule has 1 aliphatic rings. The lowest BCUT2D eigenvalue weighted by Crippen LogP contribution is -2.46. The molecule has 110 valence electrons. The summed E-state index contributed by atoms with van der Waals surface area (Å²) in [6.45, 7) is 2.60. The molecule has 0 unspecified atom stereocenters. The Morgan fingerprint density at radius 2 is 1.53 bits per heavy atom. The lowest BCUT2D eigenvalue weighted by Gasteiger charge is -2.34. The van der Waals surface area contributed by atoms with Gasteiger partial charge in [0.15, 0.2) is 0 Å². The highest BCUT2D eigenvalue weighted by Gasteiger charge is 2.29. The van der Waals surface area contributed by atoms with Crippen LogP contribution < -0.4 is 5.32 Å². The molecule has 1 N–H and O–H groups in total. The topological polar surface area (TPSA) is 15.3 Å². The number of hydrogen-bond acceptors (Lipinski definition) is 2. The normalized spacial score (nSPS) is 17.5. The molecular formula is C12H17Cl2F3N2. The van der Waals surface area contributed by atoms with Crippen LogP contribution in [-0.2, 0) is 0 Å². The van der Waals surface area contributed by atoms with Crippen molar-refractivity contribution in [1.82, 2.24) is 10.2 Å². The highest BCUT2D eigenvalue weighted by atomic mass is 35.5. The van der Waals surface area contributed by atoms with Crippen LogP contribution in [0.2, 0.25) is 0 Å². The SMILES string of the molecule is Cl.Cl.Fc1ccc([C@@H](C(F)F)N2CCNCC2)cc1. The third kappa shape index (κ3) is 4.84. The van der Waals surface area contributed by atoms with Crippen molar-refractivity contribution in [1.29, 1.82) is 0 Å². The van der Waals surface area contributed by atoms with Gasteiger partial charge in [-0.15, -0.1) is 24.8 Å². The molecule has 1 aromatic carbocycles. The number of hydrogen-bond donors (Lipinski definition) is 1. The Morgan fingerprint density at radius 1 is 1.00 bits per heavy atom. The number of benzene rings is 1. The first kappa shape index (κ1) is 18.5. The molecule has 1 atom stereocenters. The molecule has 1 fully saturated rings. The van der Waals surface area contributed by atoms with Crippen molar-refractivity contribution in [2.45, 2.75) is 12.5 Å². The lowest BCUT2D eigenvalue weighted by atomic mass is 10.0. The van der Waals surface area contributed by atoms with Gasteiger partial charge in [0.1, 0.15) is 5.82 Å². The van der Waals surface area contributed by atoms with Crippen LogP contribution in [0, 0.1) is 5.82 Å². The summed E-state index contributed by atoms with van der Waals surface area (Å²) in [5.74, 6) is -0.401. The van der Waals surface area contributed by atoms with E-state index in [2.05, 4.69) is 5.32 Å². The maximum Gasteiger partial charge on any atom is 0.258 e. The van der Waals surface area contributed by atoms with Gasteiger partial charge in [-0.2, -0.15) is 0 Å². The minimum absolute atomic E-state index is 0. The van der Waals surface area contributed by atoms with E-state index in [0.717, 1.165) is 0 Å². The van der Waals surface area contributed by atoms with Crippen LogP contribution in [0.15, 0.2) is 24.3 Å². The van der Waals surface area contributed by atoms with E-state index in [-0.39, 0.29) is 24.8 Å². The Kier molecular flexibility index (Phi) is 8.41. The van der Waals surface area contributed by atoms with Crippen molar-refractivity contribution in [3.05, 3.63) is 35.6 Å². The van der Waals surface area contributed by atoms with Crippen molar-refractivity contribution in [3.8, 4) is 0 Å². The van der Waals surface area contributed by atoms with E-state index in [4.69, 9.17) is 0 Å². The number of alkyl halides is 2. The predicted molar refractivity (Wildman–Crippen MR) is 74.1 cm³/mol. The monoisotopic (exact) mass is 316 g/mol. The van der Waals surface area contributed by atoms with E-state index in [1.165, 1.54) is 24.3 Å². The quantitative estimate of drug-likeness (QED) is 0.922. The molecule has 1 aromatic rings. The molecule has 19 heavy (non-hydrogen) atoms. The highest BCUT2D eigenvalue weighted by molar-refractivity contribution is 5.85. The Labute approximate surface area is 123 Å². The smallest absolute Gasteiger partial charge is 0.258 e. The maximum atomic E-state index is 13.1. The third-order valence-electron chi connectivity index (χ3n) is 3.00. The second kappa shape index (κ2) is 8.64. The molecule has 0 saturated carbocycles. The first-order valence-corrected chi connectivity index (χ1v) is 5.67. The molecule has 2 rings (SSSR count). The van der Waals surface area contributed by atoms with Crippen LogP contribution in [0.4, 0.5) is 13.2 Å². The van der Waals surface area contributed by atoms with E-state index in [1.54, 1.807) is 4.90 Å². The minimum atomic E-state index is -2.46. The summed E-state index contributed by atoms with van der Waals surface area (Å²) in [4.78, 5) is 1.74. The van der Waals surface area contributed by atoms with Gasteiger partial charge >= 0.3 is 0 Å². The van der Waals surface area contributed by atoms with Gasteiger partial charge in [0, 0.05) is 26.2 Å². The molecule has 0 aliphatic carbocycles. The largest absolute Gasteiger partial charge is 0.314 e. The fourth-order valence-corrected chi connectivity index (χ4v) is 2.14. The van der Waals surface area contributed by atoms with Crippen LogP contribution in [-0.4, -0.2) is 37.5 Å². The number of nitrogens with zero attached hydrogens (tertiary/aromatic N) is 1. The zero-order chi connectivity index (χ0) is 12.3. The van der Waals surface area contributed by atoms with Gasteiger partial charge in [-0.1, -0.05) is 12.1 Å².